The monoisotopic (exact) mass is 989 g/mol. The van der Waals surface area contributed by atoms with Crippen LogP contribution in [-0.4, -0.2) is 14.5 Å². The maximum absolute atomic E-state index is 7.23. The number of hydrogen-bond acceptors (Lipinski definition) is 5. The summed E-state index contributed by atoms with van der Waals surface area (Å²) >= 11 is 0. The van der Waals surface area contributed by atoms with Crippen LogP contribution in [0.1, 0.15) is 60.3 Å². The zero-order valence-corrected chi connectivity index (χ0v) is 37.0. The number of rotatable bonds is 6. The van der Waals surface area contributed by atoms with Gasteiger partial charge in [0, 0.05) is 41.5 Å². The SMILES string of the molecule is CC(C)c1cc(-c2ccccc2)cc(C(C)C)c1-n1c(-c2[c-]ccc3c2oc2c4c(ccc23)Oc2ccccc2O4)nc2ccccc21.[2H]C([2H])([2H])c1ccc(-c2[c-]cccc2)nc1.[Ir]. The molecule has 4 heterocycles. The molecule has 0 saturated heterocycles. The van der Waals surface area contributed by atoms with Gasteiger partial charge in [-0.25, -0.2) is 0 Å². The van der Waals surface area contributed by atoms with Crippen LogP contribution < -0.4 is 9.47 Å². The number of furan rings is 1. The molecule has 307 valence electrons. The van der Waals surface area contributed by atoms with Crippen LogP contribution in [0.15, 0.2) is 162 Å². The zero-order chi connectivity index (χ0) is 44.1. The minimum atomic E-state index is -2.09. The molecular formula is C55H43IrN3O3-2. The molecule has 10 aromatic rings. The third-order valence-electron chi connectivity index (χ3n) is 11.1. The summed E-state index contributed by atoms with van der Waals surface area (Å²) in [6.07, 6.45) is 1.39. The Kier molecular flexibility index (Phi) is 10.1. The number of aryl methyl sites for hydroxylation is 1. The molecule has 11 rings (SSSR count). The van der Waals surface area contributed by atoms with E-state index < -0.39 is 6.85 Å². The first kappa shape index (κ1) is 37.0. The third kappa shape index (κ3) is 7.38. The molecule has 1 aliphatic heterocycles. The van der Waals surface area contributed by atoms with E-state index in [1.807, 2.05) is 66.7 Å². The van der Waals surface area contributed by atoms with E-state index >= 15 is 0 Å². The minimum absolute atomic E-state index is 0. The maximum Gasteiger partial charge on any atom is 0.212 e. The molecule has 3 aromatic heterocycles. The summed E-state index contributed by atoms with van der Waals surface area (Å²) in [5, 5.41) is 1.91. The van der Waals surface area contributed by atoms with Crippen molar-refractivity contribution in [3.8, 4) is 62.5 Å². The quantitative estimate of drug-likeness (QED) is 0.155. The summed E-state index contributed by atoms with van der Waals surface area (Å²) in [6.45, 7) is 6.99. The van der Waals surface area contributed by atoms with Crippen molar-refractivity contribution in [1.82, 2.24) is 14.5 Å². The van der Waals surface area contributed by atoms with Crippen molar-refractivity contribution in [1.29, 1.82) is 0 Å². The standard InChI is InChI=1S/C43H33N2O3.C12H10N.Ir/c1-25(2)32-23-28(27-13-6-5-7-14-27)24-33(26(3)4)39(32)45-35-18-9-8-17-34(35)44-43(45)31-16-12-15-29-30-21-22-38-42(41(30)48-40(29)31)47-37-20-11-10-19-36(37)46-38;1-10-7-8-12(13-9-10)11-5-3-2-4-6-11;/h5-15,17-26H,1-4H3;2-5,7-9H,1H3;/q2*-1;/i;1D3;. The van der Waals surface area contributed by atoms with Crippen molar-refractivity contribution < 1.29 is 38.1 Å². The molecule has 0 aliphatic carbocycles. The summed E-state index contributed by atoms with van der Waals surface area (Å²) < 4.78 is 43.4. The zero-order valence-electron chi connectivity index (χ0n) is 37.6. The van der Waals surface area contributed by atoms with Gasteiger partial charge in [-0.3, -0.25) is 4.98 Å². The van der Waals surface area contributed by atoms with Crippen molar-refractivity contribution in [3.63, 3.8) is 0 Å². The van der Waals surface area contributed by atoms with E-state index in [1.165, 1.54) is 28.5 Å². The smallest absolute Gasteiger partial charge is 0.212 e. The molecule has 1 aliphatic rings. The molecule has 7 heteroatoms. The Labute approximate surface area is 379 Å². The van der Waals surface area contributed by atoms with Gasteiger partial charge in [-0.2, -0.15) is 0 Å². The van der Waals surface area contributed by atoms with E-state index in [2.05, 4.69) is 116 Å². The molecule has 0 N–H and O–H groups in total. The summed E-state index contributed by atoms with van der Waals surface area (Å²) in [6, 6.07) is 56.7. The summed E-state index contributed by atoms with van der Waals surface area (Å²) in [5.74, 6) is 3.84. The van der Waals surface area contributed by atoms with E-state index in [0.29, 0.717) is 34.2 Å². The molecule has 1 radical (unpaired) electrons. The summed E-state index contributed by atoms with van der Waals surface area (Å²) in [4.78, 5) is 9.42. The van der Waals surface area contributed by atoms with Gasteiger partial charge in [0.2, 0.25) is 5.75 Å². The number of nitrogens with zero attached hydrogens (tertiary/aromatic N) is 3. The van der Waals surface area contributed by atoms with E-state index in [0.717, 1.165) is 50.1 Å². The number of aromatic nitrogens is 3. The number of imidazole rings is 1. The number of benzene rings is 7. The molecule has 0 atom stereocenters. The molecular weight excluding hydrogens is 943 g/mol. The molecule has 0 unspecified atom stereocenters. The van der Waals surface area contributed by atoms with Gasteiger partial charge in [0.05, 0.1) is 22.4 Å². The maximum atomic E-state index is 7.23. The number of pyridine rings is 1. The van der Waals surface area contributed by atoms with Crippen LogP contribution in [0.3, 0.4) is 0 Å². The Morgan fingerprint density at radius 2 is 1.34 bits per heavy atom. The number of fused-ring (bicyclic) bond motifs is 7. The number of ether oxygens (including phenoxy) is 2. The van der Waals surface area contributed by atoms with E-state index in [1.54, 1.807) is 18.2 Å². The van der Waals surface area contributed by atoms with Crippen LogP contribution in [0.4, 0.5) is 0 Å². The largest absolute Gasteiger partial charge is 0.497 e. The van der Waals surface area contributed by atoms with Crippen molar-refractivity contribution in [2.24, 2.45) is 0 Å². The van der Waals surface area contributed by atoms with Crippen LogP contribution in [0, 0.1) is 19.0 Å². The second-order valence-corrected chi connectivity index (χ2v) is 15.8. The second-order valence-electron chi connectivity index (χ2n) is 15.8. The van der Waals surface area contributed by atoms with Crippen LogP contribution in [0.2, 0.25) is 0 Å². The van der Waals surface area contributed by atoms with Gasteiger partial charge in [0.15, 0.2) is 22.8 Å². The normalized spacial score (nSPS) is 12.6. The second kappa shape index (κ2) is 16.9. The number of hydrogen-bond donors (Lipinski definition) is 0. The molecule has 0 amide bonds. The van der Waals surface area contributed by atoms with Gasteiger partial charge in [-0.1, -0.05) is 105 Å². The fraction of sp³-hybridized carbons (Fsp3) is 0.127. The predicted octanol–water partition coefficient (Wildman–Crippen LogP) is 15.1. The van der Waals surface area contributed by atoms with Crippen LogP contribution in [0.25, 0.3) is 72.4 Å². The topological polar surface area (TPSA) is 62.3 Å². The first-order valence-corrected chi connectivity index (χ1v) is 20.5. The Morgan fingerprint density at radius 1 is 0.629 bits per heavy atom. The van der Waals surface area contributed by atoms with E-state index in [9.17, 15) is 0 Å². The Morgan fingerprint density at radius 3 is 2.05 bits per heavy atom. The van der Waals surface area contributed by atoms with Crippen LogP contribution >= 0.6 is 0 Å². The van der Waals surface area contributed by atoms with E-state index in [4.69, 9.17) is 23.0 Å². The Bertz CT molecular complexity index is 3300. The van der Waals surface area contributed by atoms with Crippen LogP contribution in [-0.2, 0) is 20.1 Å². The predicted molar refractivity (Wildman–Crippen MR) is 246 cm³/mol. The fourth-order valence-electron chi connectivity index (χ4n) is 8.09. The van der Waals surface area contributed by atoms with Crippen molar-refractivity contribution >= 4 is 33.0 Å². The average Bonchev–Trinajstić information content (AvgIpc) is 3.90. The molecule has 0 spiro atoms. The van der Waals surface area contributed by atoms with Gasteiger partial charge < -0.3 is 23.4 Å². The molecule has 62 heavy (non-hydrogen) atoms. The van der Waals surface area contributed by atoms with Gasteiger partial charge in [0.1, 0.15) is 0 Å². The summed E-state index contributed by atoms with van der Waals surface area (Å²) in [7, 11) is 0. The fourth-order valence-corrected chi connectivity index (χ4v) is 8.09. The van der Waals surface area contributed by atoms with Gasteiger partial charge in [-0.15, -0.1) is 54.1 Å². The number of para-hydroxylation sites is 4. The minimum Gasteiger partial charge on any atom is -0.497 e. The molecule has 6 nitrogen and oxygen atoms in total. The molecule has 0 bridgehead atoms. The van der Waals surface area contributed by atoms with Crippen molar-refractivity contribution in [3.05, 3.63) is 187 Å². The summed E-state index contributed by atoms with van der Waals surface area (Å²) in [5.41, 5.74) is 12.1. The third-order valence-corrected chi connectivity index (χ3v) is 11.1. The van der Waals surface area contributed by atoms with Crippen LogP contribution in [0.5, 0.6) is 23.0 Å². The molecule has 0 saturated carbocycles. The van der Waals surface area contributed by atoms with Crippen molar-refractivity contribution in [2.75, 3.05) is 0 Å². The first-order valence-electron chi connectivity index (χ1n) is 22.0. The average molecular weight is 989 g/mol. The first-order chi connectivity index (χ1) is 31.0. The molecule has 7 aromatic carbocycles. The van der Waals surface area contributed by atoms with Crippen molar-refractivity contribution in [2.45, 2.75) is 46.4 Å². The Hall–Kier alpha value is -6.79. The Balaban J connectivity index is 0.000000266. The van der Waals surface area contributed by atoms with E-state index in [-0.39, 0.29) is 37.5 Å². The van der Waals surface area contributed by atoms with Gasteiger partial charge in [-0.05, 0) is 101 Å². The van der Waals surface area contributed by atoms with Gasteiger partial charge in [0.25, 0.3) is 0 Å². The molecule has 0 fully saturated rings. The van der Waals surface area contributed by atoms with Gasteiger partial charge >= 0.3 is 0 Å².